The molecule has 0 aliphatic heterocycles. The molecule has 0 spiro atoms. The summed E-state index contributed by atoms with van der Waals surface area (Å²) in [5.74, 6) is 0.743. The Morgan fingerprint density at radius 2 is 1.86 bits per heavy atom. The smallest absolute Gasteiger partial charge is 0.159 e. The predicted octanol–water partition coefficient (Wildman–Crippen LogP) is 4.44. The molecule has 0 aromatic carbocycles. The van der Waals surface area contributed by atoms with Crippen LogP contribution in [0.15, 0.2) is 23.8 Å². The Morgan fingerprint density at radius 1 is 1.18 bits per heavy atom. The van der Waals surface area contributed by atoms with E-state index in [0.717, 1.165) is 12.0 Å². The van der Waals surface area contributed by atoms with E-state index in [1.54, 1.807) is 0 Å². The molecule has 22 heavy (non-hydrogen) atoms. The van der Waals surface area contributed by atoms with Crippen LogP contribution >= 0.6 is 0 Å². The summed E-state index contributed by atoms with van der Waals surface area (Å²) in [6.07, 6.45) is 7.00. The van der Waals surface area contributed by atoms with E-state index in [9.17, 15) is 9.90 Å². The molecule has 0 unspecified atom stereocenters. The molecule has 3 aliphatic carbocycles. The molecule has 0 aromatic rings. The van der Waals surface area contributed by atoms with Gasteiger partial charge in [-0.15, -0.1) is 6.58 Å². The lowest BCUT2D eigenvalue weighted by Crippen LogP contribution is -2.51. The number of hydrogen-bond acceptors (Lipinski definition) is 2. The van der Waals surface area contributed by atoms with Crippen LogP contribution in [0.4, 0.5) is 0 Å². The number of aliphatic hydroxyl groups is 1. The highest BCUT2D eigenvalue weighted by Gasteiger charge is 2.55. The first-order valence-electron chi connectivity index (χ1n) is 8.71. The lowest BCUT2D eigenvalue weighted by Gasteiger charge is -2.57. The zero-order valence-corrected chi connectivity index (χ0v) is 14.5. The number of ketones is 1. The average Bonchev–Trinajstić information content (AvgIpc) is 2.44. The van der Waals surface area contributed by atoms with Crippen molar-refractivity contribution in [2.45, 2.75) is 72.3 Å². The highest BCUT2D eigenvalue weighted by Crippen LogP contribution is 2.62. The van der Waals surface area contributed by atoms with Gasteiger partial charge in [0.05, 0.1) is 6.10 Å². The molecule has 1 fully saturated rings. The quantitative estimate of drug-likeness (QED) is 0.727. The van der Waals surface area contributed by atoms with Crippen LogP contribution in [-0.4, -0.2) is 17.0 Å². The van der Waals surface area contributed by atoms with Gasteiger partial charge in [-0.25, -0.2) is 0 Å². The van der Waals surface area contributed by atoms with Crippen LogP contribution < -0.4 is 0 Å². The number of hydrogen-bond donors (Lipinski definition) is 1. The second-order valence-electron chi connectivity index (χ2n) is 9.00. The van der Waals surface area contributed by atoms with E-state index in [-0.39, 0.29) is 16.2 Å². The van der Waals surface area contributed by atoms with Gasteiger partial charge in [0, 0.05) is 11.8 Å². The molecule has 3 rings (SSSR count). The van der Waals surface area contributed by atoms with Gasteiger partial charge in [-0.2, -0.15) is 0 Å². The van der Waals surface area contributed by atoms with Crippen LogP contribution in [0.1, 0.15) is 66.2 Å². The van der Waals surface area contributed by atoms with Gasteiger partial charge in [0.2, 0.25) is 0 Å². The Hall–Kier alpha value is -0.890. The first kappa shape index (κ1) is 16.0. The van der Waals surface area contributed by atoms with Crippen LogP contribution in [0.3, 0.4) is 0 Å². The molecule has 122 valence electrons. The third kappa shape index (κ3) is 2.06. The largest absolute Gasteiger partial charge is 0.392 e. The molecular weight excluding hydrogens is 272 g/mol. The fraction of sp³-hybridized carbons (Fsp3) is 0.750. The normalized spacial score (nSPS) is 44.3. The van der Waals surface area contributed by atoms with Crippen LogP contribution in [0.25, 0.3) is 0 Å². The summed E-state index contributed by atoms with van der Waals surface area (Å²) in [5.41, 5.74) is 2.24. The number of carbonyl (C=O) groups is 1. The number of aliphatic hydroxyl groups excluding tert-OH is 1. The molecule has 1 saturated carbocycles. The number of carbonyl (C=O) groups excluding carboxylic acids is 1. The third-order valence-electron chi connectivity index (χ3n) is 7.19. The van der Waals surface area contributed by atoms with E-state index in [1.165, 1.54) is 18.4 Å². The van der Waals surface area contributed by atoms with Crippen LogP contribution in [0.2, 0.25) is 0 Å². The van der Waals surface area contributed by atoms with Gasteiger partial charge in [0.25, 0.3) is 0 Å². The van der Waals surface area contributed by atoms with Crippen molar-refractivity contribution in [2.24, 2.45) is 22.2 Å². The van der Waals surface area contributed by atoms with Crippen molar-refractivity contribution in [2.75, 3.05) is 0 Å². The fourth-order valence-electron chi connectivity index (χ4n) is 5.50. The Bertz CT molecular complexity index is 556. The monoisotopic (exact) mass is 302 g/mol. The Balaban J connectivity index is 2.10. The molecule has 1 N–H and O–H groups in total. The maximum Gasteiger partial charge on any atom is 0.159 e. The van der Waals surface area contributed by atoms with Crippen molar-refractivity contribution >= 4 is 5.78 Å². The van der Waals surface area contributed by atoms with Crippen LogP contribution in [0, 0.1) is 22.2 Å². The van der Waals surface area contributed by atoms with E-state index in [4.69, 9.17) is 0 Å². The van der Waals surface area contributed by atoms with E-state index in [1.807, 2.05) is 13.0 Å². The zero-order chi connectivity index (χ0) is 16.3. The van der Waals surface area contributed by atoms with Gasteiger partial charge in [-0.3, -0.25) is 4.79 Å². The SMILES string of the molecule is C=C[C@]1(C)CC2=C(C[C@H]1O)[C@@]1(C)CCCC(C)(C)[C@H]1CC2=O. The van der Waals surface area contributed by atoms with Gasteiger partial charge < -0.3 is 5.11 Å². The minimum absolute atomic E-state index is 0.0917. The molecule has 3 aliphatic rings. The first-order valence-corrected chi connectivity index (χ1v) is 8.71. The van der Waals surface area contributed by atoms with E-state index in [2.05, 4.69) is 27.4 Å². The lowest BCUT2D eigenvalue weighted by atomic mass is 9.47. The molecule has 0 radical (unpaired) electrons. The predicted molar refractivity (Wildman–Crippen MR) is 89.4 cm³/mol. The minimum atomic E-state index is -0.419. The molecule has 2 heteroatoms. The van der Waals surface area contributed by atoms with Crippen LogP contribution in [-0.2, 0) is 4.79 Å². The van der Waals surface area contributed by atoms with E-state index < -0.39 is 6.10 Å². The average molecular weight is 302 g/mol. The molecule has 0 bridgehead atoms. The number of allylic oxidation sites excluding steroid dienone is 1. The number of rotatable bonds is 1. The zero-order valence-electron chi connectivity index (χ0n) is 14.5. The summed E-state index contributed by atoms with van der Waals surface area (Å²) in [7, 11) is 0. The van der Waals surface area contributed by atoms with Crippen molar-refractivity contribution in [3.05, 3.63) is 23.8 Å². The van der Waals surface area contributed by atoms with Gasteiger partial charge in [-0.05, 0) is 48.0 Å². The summed E-state index contributed by atoms with van der Waals surface area (Å²) in [6.45, 7) is 12.9. The first-order chi connectivity index (χ1) is 10.1. The van der Waals surface area contributed by atoms with Gasteiger partial charge in [0.15, 0.2) is 5.78 Å². The van der Waals surface area contributed by atoms with E-state index in [0.29, 0.717) is 31.0 Å². The topological polar surface area (TPSA) is 37.3 Å². The summed E-state index contributed by atoms with van der Waals surface area (Å²) in [5, 5.41) is 10.7. The highest BCUT2D eigenvalue weighted by atomic mass is 16.3. The maximum absolute atomic E-state index is 12.8. The third-order valence-corrected chi connectivity index (χ3v) is 7.19. The molecule has 0 aromatic heterocycles. The Labute approximate surface area is 134 Å². The van der Waals surface area contributed by atoms with Crippen molar-refractivity contribution in [3.63, 3.8) is 0 Å². The minimum Gasteiger partial charge on any atom is -0.392 e. The molecule has 0 heterocycles. The Morgan fingerprint density at radius 3 is 2.50 bits per heavy atom. The summed E-state index contributed by atoms with van der Waals surface area (Å²) in [6, 6.07) is 0. The van der Waals surface area contributed by atoms with Crippen molar-refractivity contribution in [3.8, 4) is 0 Å². The molecule has 4 atom stereocenters. The highest BCUT2D eigenvalue weighted by molar-refractivity contribution is 5.98. The molecule has 0 amide bonds. The molecular formula is C20H30O2. The lowest BCUT2D eigenvalue weighted by molar-refractivity contribution is -0.123. The van der Waals surface area contributed by atoms with Crippen molar-refractivity contribution in [1.29, 1.82) is 0 Å². The molecule has 0 saturated heterocycles. The van der Waals surface area contributed by atoms with Crippen LogP contribution in [0.5, 0.6) is 0 Å². The number of fused-ring (bicyclic) bond motifs is 2. The summed E-state index contributed by atoms with van der Waals surface area (Å²) < 4.78 is 0. The summed E-state index contributed by atoms with van der Waals surface area (Å²) in [4.78, 5) is 12.8. The second kappa shape index (κ2) is 4.80. The standard InChI is InChI=1S/C20H30O2/c1-6-19(4)12-13-14(10-17(19)22)20(5)9-7-8-18(2,3)16(20)11-15(13)21/h6,16-17,22H,1,7-12H2,2-5H3/t16-,17-,19-,20-/m1/s1. The van der Waals surface area contributed by atoms with E-state index >= 15 is 0 Å². The van der Waals surface area contributed by atoms with Gasteiger partial charge >= 0.3 is 0 Å². The van der Waals surface area contributed by atoms with Gasteiger partial charge in [-0.1, -0.05) is 45.8 Å². The molecule has 2 nitrogen and oxygen atoms in total. The van der Waals surface area contributed by atoms with Gasteiger partial charge in [0.1, 0.15) is 0 Å². The number of Topliss-reactive ketones (excluding diaryl/α,β-unsaturated/α-hetero) is 1. The second-order valence-corrected chi connectivity index (χ2v) is 9.00. The maximum atomic E-state index is 12.8. The van der Waals surface area contributed by atoms with Crippen molar-refractivity contribution in [1.82, 2.24) is 0 Å². The summed E-state index contributed by atoms with van der Waals surface area (Å²) >= 11 is 0. The fourth-order valence-corrected chi connectivity index (χ4v) is 5.50. The Kier molecular flexibility index (Phi) is 3.49. The van der Waals surface area contributed by atoms with Crippen molar-refractivity contribution < 1.29 is 9.90 Å².